The normalized spacial score (nSPS) is 18.8. The molecule has 0 amide bonds. The summed E-state index contributed by atoms with van der Waals surface area (Å²) in [4.78, 5) is 10.1. The zero-order chi connectivity index (χ0) is 24.8. The van der Waals surface area contributed by atoms with E-state index >= 15 is 0 Å². The van der Waals surface area contributed by atoms with Gasteiger partial charge < -0.3 is 0 Å². The number of rotatable bonds is 11. The molecule has 3 rings (SSSR count). The predicted molar refractivity (Wildman–Crippen MR) is 124 cm³/mol. The quantitative estimate of drug-likeness (QED) is 0.252. The Morgan fingerprint density at radius 1 is 1.15 bits per heavy atom. The van der Waals surface area contributed by atoms with E-state index in [-0.39, 0.29) is 10.9 Å². The van der Waals surface area contributed by atoms with Crippen molar-refractivity contribution < 1.29 is 30.5 Å². The standard InChI is InChI=1S/C22H28N2O8SSe/c1-2-18(23-33(27,28)21-13-7-6-12-19(21)24(25)26)20(32-22-14-8-9-15-31-22)16-34(29,30)17-10-4-3-5-11-17/h3-7,10-13,18,20,22-23H,2,8-9,14-16H2,1H3/t18-,20-,22+/m0/s1. The van der Waals surface area contributed by atoms with E-state index in [1.54, 1.807) is 25.1 Å². The van der Waals surface area contributed by atoms with Crippen LogP contribution in [-0.2, 0) is 27.2 Å². The van der Waals surface area contributed by atoms with Crippen molar-refractivity contribution in [1.29, 1.82) is 0 Å². The molecule has 1 aliphatic rings. The summed E-state index contributed by atoms with van der Waals surface area (Å²) < 4.78 is 66.8. The molecule has 12 heteroatoms. The third-order valence-electron chi connectivity index (χ3n) is 5.50. The predicted octanol–water partition coefficient (Wildman–Crippen LogP) is 2.77. The molecule has 2 aromatic rings. The number of nitrogens with zero attached hydrogens (tertiary/aromatic N) is 1. The Bertz CT molecular complexity index is 1180. The molecule has 1 heterocycles. The van der Waals surface area contributed by atoms with Crippen LogP contribution in [0.1, 0.15) is 32.6 Å². The molecule has 34 heavy (non-hydrogen) atoms. The molecule has 1 N–H and O–H groups in total. The molecule has 0 spiro atoms. The number of ether oxygens (including phenoxy) is 2. The molecule has 0 aliphatic carbocycles. The van der Waals surface area contributed by atoms with Crippen LogP contribution in [0.2, 0.25) is 5.32 Å². The molecule has 1 aliphatic heterocycles. The molecule has 1 fully saturated rings. The zero-order valence-corrected chi connectivity index (χ0v) is 21.2. The van der Waals surface area contributed by atoms with Crippen molar-refractivity contribution in [2.45, 2.75) is 61.3 Å². The van der Waals surface area contributed by atoms with Crippen LogP contribution in [0, 0.1) is 10.1 Å². The average molecular weight is 559 g/mol. The Morgan fingerprint density at radius 2 is 1.82 bits per heavy atom. The minimum absolute atomic E-state index is 0.160. The Balaban J connectivity index is 1.92. The molecule has 0 saturated carbocycles. The second kappa shape index (κ2) is 11.5. The first-order valence-corrected chi connectivity index (χ1v) is 15.9. The van der Waals surface area contributed by atoms with Gasteiger partial charge in [-0.15, -0.1) is 0 Å². The number of nitro groups is 1. The van der Waals surface area contributed by atoms with Crippen LogP contribution in [0.4, 0.5) is 5.69 Å². The van der Waals surface area contributed by atoms with Crippen LogP contribution in [0.5, 0.6) is 0 Å². The van der Waals surface area contributed by atoms with Crippen LogP contribution >= 0.6 is 0 Å². The second-order valence-corrected chi connectivity index (χ2v) is 13.9. The SMILES string of the molecule is CC[C@H](NS(=O)(=O)c1ccccc1[N+](=O)[O-])[C@H](C[Se](=O)(=O)c1ccccc1)O[C@@H]1CCCCO1. The van der Waals surface area contributed by atoms with Crippen LogP contribution < -0.4 is 9.18 Å². The number of benzene rings is 2. The van der Waals surface area contributed by atoms with Gasteiger partial charge in [0.2, 0.25) is 0 Å². The average Bonchev–Trinajstić information content (AvgIpc) is 2.83. The molecule has 0 radical (unpaired) electrons. The van der Waals surface area contributed by atoms with Gasteiger partial charge >= 0.3 is 201 Å². The maximum atomic E-state index is 13.2. The minimum atomic E-state index is -4.73. The van der Waals surface area contributed by atoms with E-state index in [1.165, 1.54) is 24.3 Å². The van der Waals surface area contributed by atoms with Crippen molar-refractivity contribution in [3.63, 3.8) is 0 Å². The number of hydrogen-bond acceptors (Lipinski definition) is 8. The van der Waals surface area contributed by atoms with Gasteiger partial charge in [-0.05, 0) is 0 Å². The summed E-state index contributed by atoms with van der Waals surface area (Å²) in [5, 5.41) is 10.9. The molecular weight excluding hydrogens is 531 g/mol. The zero-order valence-electron chi connectivity index (χ0n) is 18.7. The molecule has 1 saturated heterocycles. The second-order valence-electron chi connectivity index (χ2n) is 7.93. The number of hydrogen-bond donors (Lipinski definition) is 1. The monoisotopic (exact) mass is 560 g/mol. The Kier molecular flexibility index (Phi) is 8.91. The molecule has 0 bridgehead atoms. The first-order valence-electron chi connectivity index (χ1n) is 10.9. The number of sulfonamides is 1. The van der Waals surface area contributed by atoms with Crippen molar-refractivity contribution in [3.8, 4) is 0 Å². The summed E-state index contributed by atoms with van der Waals surface area (Å²) in [5.74, 6) is 0. The van der Waals surface area contributed by atoms with E-state index in [0.717, 1.165) is 25.0 Å². The van der Waals surface area contributed by atoms with Gasteiger partial charge in [0.05, 0.1) is 0 Å². The Labute approximate surface area is 200 Å². The van der Waals surface area contributed by atoms with E-state index in [1.807, 2.05) is 0 Å². The number of para-hydroxylation sites is 1. The number of nitro benzene ring substituents is 1. The summed E-state index contributed by atoms with van der Waals surface area (Å²) in [5.41, 5.74) is -0.570. The summed E-state index contributed by atoms with van der Waals surface area (Å²) >= 11 is -4.73. The van der Waals surface area contributed by atoms with Crippen LogP contribution in [0.3, 0.4) is 0 Å². The number of nitrogens with one attached hydrogen (secondary N) is 1. The van der Waals surface area contributed by atoms with Crippen molar-refractivity contribution in [2.24, 2.45) is 0 Å². The molecule has 2 aromatic carbocycles. The van der Waals surface area contributed by atoms with Gasteiger partial charge in [-0.25, -0.2) is 0 Å². The fraction of sp³-hybridized carbons (Fsp3) is 0.455. The van der Waals surface area contributed by atoms with Gasteiger partial charge in [0.1, 0.15) is 0 Å². The van der Waals surface area contributed by atoms with Crippen molar-refractivity contribution in [1.82, 2.24) is 4.72 Å². The topological polar surface area (TPSA) is 142 Å². The van der Waals surface area contributed by atoms with Gasteiger partial charge in [0, 0.05) is 0 Å². The third-order valence-corrected chi connectivity index (χ3v) is 10.7. The summed E-state index contributed by atoms with van der Waals surface area (Å²) in [6, 6.07) is 12.0. The van der Waals surface area contributed by atoms with Crippen LogP contribution in [0.25, 0.3) is 0 Å². The van der Waals surface area contributed by atoms with E-state index in [0.29, 0.717) is 13.0 Å². The first-order chi connectivity index (χ1) is 16.1. The molecular formula is C22H28N2O8SSe. The third kappa shape index (κ3) is 6.68. The van der Waals surface area contributed by atoms with E-state index in [2.05, 4.69) is 4.72 Å². The van der Waals surface area contributed by atoms with Crippen LogP contribution in [0.15, 0.2) is 59.5 Å². The summed E-state index contributed by atoms with van der Waals surface area (Å²) in [7, 11) is -4.35. The van der Waals surface area contributed by atoms with E-state index in [4.69, 9.17) is 9.47 Å². The van der Waals surface area contributed by atoms with E-state index in [9.17, 15) is 26.2 Å². The fourth-order valence-corrected chi connectivity index (χ4v) is 8.41. The fourth-order valence-electron chi connectivity index (χ4n) is 3.72. The summed E-state index contributed by atoms with van der Waals surface area (Å²) in [6.45, 7) is 2.15. The Morgan fingerprint density at radius 3 is 2.44 bits per heavy atom. The van der Waals surface area contributed by atoms with Gasteiger partial charge in [0.25, 0.3) is 0 Å². The Hall–Kier alpha value is -2.21. The van der Waals surface area contributed by atoms with Crippen molar-refractivity contribution in [3.05, 3.63) is 64.7 Å². The molecule has 0 unspecified atom stereocenters. The van der Waals surface area contributed by atoms with Crippen molar-refractivity contribution in [2.75, 3.05) is 6.61 Å². The molecule has 186 valence electrons. The van der Waals surface area contributed by atoms with E-state index < -0.39 is 62.0 Å². The molecule has 0 aromatic heterocycles. The summed E-state index contributed by atoms with van der Waals surface area (Å²) in [6.07, 6.45) is 0.739. The molecule has 3 atom stereocenters. The van der Waals surface area contributed by atoms with Crippen LogP contribution in [-0.4, -0.2) is 51.1 Å². The molecule has 10 nitrogen and oxygen atoms in total. The van der Waals surface area contributed by atoms with Crippen molar-refractivity contribution >= 4 is 32.9 Å². The van der Waals surface area contributed by atoms with Gasteiger partial charge in [-0.3, -0.25) is 0 Å². The first kappa shape index (κ1) is 26.4. The van der Waals surface area contributed by atoms with Gasteiger partial charge in [0.15, 0.2) is 0 Å². The maximum absolute atomic E-state index is 13.2. The van der Waals surface area contributed by atoms with Gasteiger partial charge in [-0.2, -0.15) is 0 Å². The van der Waals surface area contributed by atoms with Gasteiger partial charge in [-0.1, -0.05) is 0 Å².